The van der Waals surface area contributed by atoms with Gasteiger partial charge in [0.05, 0.1) is 11.1 Å². The van der Waals surface area contributed by atoms with Gasteiger partial charge in [0.15, 0.2) is 0 Å². The molecule has 0 radical (unpaired) electrons. The Hall–Kier alpha value is -2.58. The van der Waals surface area contributed by atoms with E-state index in [9.17, 15) is 19.2 Å². The molecule has 2 saturated heterocycles. The Morgan fingerprint density at radius 2 is 1.85 bits per heavy atom. The Balaban J connectivity index is 1.57. The van der Waals surface area contributed by atoms with E-state index in [-0.39, 0.29) is 30.8 Å². The third kappa shape index (κ3) is 2.94. The summed E-state index contributed by atoms with van der Waals surface area (Å²) in [6.45, 7) is 3.64. The zero-order chi connectivity index (χ0) is 19.3. The number of likely N-dealkylation sites (tertiary alicyclic amines) is 1. The van der Waals surface area contributed by atoms with Crippen LogP contribution in [0.2, 0.25) is 0 Å². The Labute approximate surface area is 156 Å². The molecule has 4 amide bonds. The lowest BCUT2D eigenvalue weighted by Gasteiger charge is -2.27. The van der Waals surface area contributed by atoms with Crippen LogP contribution in [-0.4, -0.2) is 58.1 Å². The molecule has 2 fully saturated rings. The minimum Gasteiger partial charge on any atom is -0.326 e. The molecule has 3 heterocycles. The second-order valence-electron chi connectivity index (χ2n) is 7.49. The fourth-order valence-corrected chi connectivity index (χ4v) is 4.10. The molecule has 3 aliphatic heterocycles. The summed E-state index contributed by atoms with van der Waals surface area (Å²) in [7, 11) is 0. The predicted octanol–water partition coefficient (Wildman–Crippen LogP) is 0.00930. The smallest absolute Gasteiger partial charge is 0.262 e. The number of nitrogens with two attached hydrogens (primary N) is 1. The van der Waals surface area contributed by atoms with Crippen molar-refractivity contribution < 1.29 is 19.2 Å². The maximum Gasteiger partial charge on any atom is 0.262 e. The van der Waals surface area contributed by atoms with Gasteiger partial charge in [0.2, 0.25) is 11.8 Å². The first-order chi connectivity index (χ1) is 12.9. The lowest BCUT2D eigenvalue weighted by atomic mass is 10.0. The van der Waals surface area contributed by atoms with Gasteiger partial charge in [0, 0.05) is 31.6 Å². The van der Waals surface area contributed by atoms with Crippen molar-refractivity contribution in [1.82, 2.24) is 15.1 Å². The summed E-state index contributed by atoms with van der Waals surface area (Å²) < 4.78 is 0. The second kappa shape index (κ2) is 6.54. The average molecular weight is 370 g/mol. The first-order valence-electron chi connectivity index (χ1n) is 9.21. The highest BCUT2D eigenvalue weighted by atomic mass is 16.2. The summed E-state index contributed by atoms with van der Waals surface area (Å²) >= 11 is 0. The lowest BCUT2D eigenvalue weighted by molar-refractivity contribution is -0.136. The van der Waals surface area contributed by atoms with E-state index in [4.69, 9.17) is 5.73 Å². The van der Waals surface area contributed by atoms with E-state index in [0.717, 1.165) is 23.4 Å². The van der Waals surface area contributed by atoms with Gasteiger partial charge in [-0.2, -0.15) is 0 Å². The molecular weight excluding hydrogens is 348 g/mol. The van der Waals surface area contributed by atoms with Crippen LogP contribution in [-0.2, 0) is 16.1 Å². The van der Waals surface area contributed by atoms with Crippen LogP contribution in [0.1, 0.15) is 52.5 Å². The third-order valence-corrected chi connectivity index (χ3v) is 5.84. The van der Waals surface area contributed by atoms with E-state index in [1.54, 1.807) is 12.1 Å². The van der Waals surface area contributed by atoms with Gasteiger partial charge in [0.25, 0.3) is 11.8 Å². The number of hydrogen-bond donors (Lipinski definition) is 2. The Kier molecular flexibility index (Phi) is 4.32. The number of imide groups is 2. The van der Waals surface area contributed by atoms with Crippen molar-refractivity contribution in [2.45, 2.75) is 50.9 Å². The topological polar surface area (TPSA) is 113 Å². The molecule has 0 aliphatic carbocycles. The highest BCUT2D eigenvalue weighted by molar-refractivity contribution is 6.23. The van der Waals surface area contributed by atoms with Gasteiger partial charge in [0.1, 0.15) is 6.04 Å². The first kappa shape index (κ1) is 17.8. The molecule has 0 aromatic heterocycles. The van der Waals surface area contributed by atoms with Crippen LogP contribution in [0.4, 0.5) is 0 Å². The van der Waals surface area contributed by atoms with Crippen LogP contribution in [0, 0.1) is 0 Å². The van der Waals surface area contributed by atoms with E-state index in [1.807, 2.05) is 6.07 Å². The molecule has 0 bridgehead atoms. The van der Waals surface area contributed by atoms with Gasteiger partial charge in [-0.05, 0) is 37.5 Å². The largest absolute Gasteiger partial charge is 0.326 e. The van der Waals surface area contributed by atoms with Crippen LogP contribution >= 0.6 is 0 Å². The van der Waals surface area contributed by atoms with Crippen molar-refractivity contribution in [3.8, 4) is 0 Å². The van der Waals surface area contributed by atoms with E-state index in [1.165, 1.54) is 0 Å². The van der Waals surface area contributed by atoms with Gasteiger partial charge in [-0.15, -0.1) is 0 Å². The number of nitrogens with zero attached hydrogens (tertiary/aromatic N) is 2. The van der Waals surface area contributed by atoms with Gasteiger partial charge in [-0.1, -0.05) is 6.07 Å². The Bertz CT molecular complexity index is 852. The number of rotatable bonds is 3. The predicted molar refractivity (Wildman–Crippen MR) is 95.6 cm³/mol. The SMILES string of the molecule is C[C@H]1[C@@H](N)CCN1Cc1ccc2c(c1)C(=O)N(C1CCC(=O)NC1=O)C2=O. The molecule has 0 spiro atoms. The minimum atomic E-state index is -0.935. The molecule has 3 N–H and O–H groups in total. The van der Waals surface area contributed by atoms with Crippen molar-refractivity contribution in [3.63, 3.8) is 0 Å². The van der Waals surface area contributed by atoms with E-state index >= 15 is 0 Å². The molecule has 8 heteroatoms. The molecule has 3 aliphatic rings. The van der Waals surface area contributed by atoms with Crippen molar-refractivity contribution >= 4 is 23.6 Å². The summed E-state index contributed by atoms with van der Waals surface area (Å²) in [5.74, 6) is -1.93. The number of fused-ring (bicyclic) bond motifs is 1. The van der Waals surface area contributed by atoms with Crippen molar-refractivity contribution in [3.05, 3.63) is 34.9 Å². The van der Waals surface area contributed by atoms with Gasteiger partial charge >= 0.3 is 0 Å². The normalized spacial score (nSPS) is 28.7. The highest BCUT2D eigenvalue weighted by Gasteiger charge is 2.44. The maximum atomic E-state index is 12.8. The second-order valence-corrected chi connectivity index (χ2v) is 7.49. The van der Waals surface area contributed by atoms with E-state index < -0.39 is 23.8 Å². The lowest BCUT2D eigenvalue weighted by Crippen LogP contribution is -2.54. The van der Waals surface area contributed by atoms with Crippen LogP contribution in [0.5, 0.6) is 0 Å². The number of carbonyl (C=O) groups excluding carboxylic acids is 4. The third-order valence-electron chi connectivity index (χ3n) is 5.84. The molecule has 8 nitrogen and oxygen atoms in total. The van der Waals surface area contributed by atoms with Crippen LogP contribution in [0.15, 0.2) is 18.2 Å². The van der Waals surface area contributed by atoms with Gasteiger partial charge in [-0.3, -0.25) is 34.3 Å². The number of amides is 4. The number of piperidine rings is 1. The molecule has 27 heavy (non-hydrogen) atoms. The molecule has 4 rings (SSSR count). The van der Waals surface area contributed by atoms with Crippen LogP contribution < -0.4 is 11.1 Å². The minimum absolute atomic E-state index is 0.113. The monoisotopic (exact) mass is 370 g/mol. The molecule has 1 aromatic rings. The summed E-state index contributed by atoms with van der Waals surface area (Å²) in [6.07, 6.45) is 1.21. The Morgan fingerprint density at radius 1 is 1.11 bits per heavy atom. The zero-order valence-corrected chi connectivity index (χ0v) is 15.1. The van der Waals surface area contributed by atoms with E-state index in [2.05, 4.69) is 17.1 Å². The molecular formula is C19H22N4O4. The van der Waals surface area contributed by atoms with Crippen molar-refractivity contribution in [1.29, 1.82) is 0 Å². The fourth-order valence-electron chi connectivity index (χ4n) is 4.10. The summed E-state index contributed by atoms with van der Waals surface area (Å²) in [5, 5.41) is 2.20. The zero-order valence-electron chi connectivity index (χ0n) is 15.1. The summed E-state index contributed by atoms with van der Waals surface area (Å²) in [5.41, 5.74) is 7.62. The molecule has 3 atom stereocenters. The molecule has 142 valence electrons. The van der Waals surface area contributed by atoms with Gasteiger partial charge < -0.3 is 5.73 Å². The molecule has 1 unspecified atom stereocenters. The van der Waals surface area contributed by atoms with Crippen LogP contribution in [0.25, 0.3) is 0 Å². The fraction of sp³-hybridized carbons (Fsp3) is 0.474. The summed E-state index contributed by atoms with van der Waals surface area (Å²) in [4.78, 5) is 52.2. The quantitative estimate of drug-likeness (QED) is 0.725. The van der Waals surface area contributed by atoms with Crippen LogP contribution in [0.3, 0.4) is 0 Å². The maximum absolute atomic E-state index is 12.8. The molecule has 0 saturated carbocycles. The number of nitrogens with one attached hydrogen (secondary N) is 1. The molecule has 1 aromatic carbocycles. The van der Waals surface area contributed by atoms with E-state index in [0.29, 0.717) is 17.7 Å². The summed E-state index contributed by atoms with van der Waals surface area (Å²) in [6, 6.07) is 4.70. The van der Waals surface area contributed by atoms with Crippen molar-refractivity contribution in [2.24, 2.45) is 5.73 Å². The van der Waals surface area contributed by atoms with Crippen molar-refractivity contribution in [2.75, 3.05) is 6.54 Å². The Morgan fingerprint density at radius 3 is 2.52 bits per heavy atom. The standard InChI is InChI=1S/C19H22N4O4/c1-10-14(20)6-7-22(10)9-11-2-3-12-13(8-11)19(27)23(18(12)26)15-4-5-16(24)21-17(15)25/h2-3,8,10,14-15H,4-7,9,20H2,1H3,(H,21,24,25)/t10-,14-,15?/m0/s1. The number of carbonyl (C=O) groups is 4. The first-order valence-corrected chi connectivity index (χ1v) is 9.21. The highest BCUT2D eigenvalue weighted by Crippen LogP contribution is 2.29. The number of hydrogen-bond acceptors (Lipinski definition) is 6. The number of benzene rings is 1. The van der Waals surface area contributed by atoms with Gasteiger partial charge in [-0.25, -0.2) is 0 Å². The average Bonchev–Trinajstić information content (AvgIpc) is 3.07.